The van der Waals surface area contributed by atoms with E-state index in [1.54, 1.807) is 19.1 Å². The van der Waals surface area contributed by atoms with Gasteiger partial charge in [0, 0.05) is 13.1 Å². The van der Waals surface area contributed by atoms with Gasteiger partial charge in [-0.2, -0.15) is 0 Å². The maximum absolute atomic E-state index is 13.3. The van der Waals surface area contributed by atoms with Gasteiger partial charge in [-0.1, -0.05) is 30.7 Å². The van der Waals surface area contributed by atoms with Crippen LogP contribution in [-0.4, -0.2) is 31.6 Å². The minimum atomic E-state index is -0.427. The highest BCUT2D eigenvalue weighted by Gasteiger charge is 2.16. The number of benzene rings is 1. The van der Waals surface area contributed by atoms with Crippen LogP contribution in [0, 0.1) is 11.7 Å². The van der Waals surface area contributed by atoms with Crippen LogP contribution >= 0.6 is 11.6 Å². The number of halogens is 2. The molecular weight excluding hydrogens is 257 g/mol. The third-order valence-corrected chi connectivity index (χ3v) is 3.08. The fourth-order valence-corrected chi connectivity index (χ4v) is 1.95. The Balaban J connectivity index is 2.62. The summed E-state index contributed by atoms with van der Waals surface area (Å²) in [5, 5.41) is 0.134. The van der Waals surface area contributed by atoms with E-state index in [0.29, 0.717) is 18.7 Å². The van der Waals surface area contributed by atoms with E-state index in [2.05, 4.69) is 4.74 Å². The maximum Gasteiger partial charge on any atom is 0.309 e. The van der Waals surface area contributed by atoms with E-state index >= 15 is 0 Å². The standard InChI is InChI=1S/C13H17ClFNO2/c1-9(13(17)18-3)7-16(2)8-10-5-4-6-11(15)12(10)14/h4-6,9H,7-8H2,1-3H3. The number of nitrogens with zero attached hydrogens (tertiary/aromatic N) is 1. The highest BCUT2D eigenvalue weighted by Crippen LogP contribution is 2.21. The number of esters is 1. The van der Waals surface area contributed by atoms with Gasteiger partial charge < -0.3 is 9.64 Å². The van der Waals surface area contributed by atoms with Crippen molar-refractivity contribution >= 4 is 17.6 Å². The molecule has 1 unspecified atom stereocenters. The summed E-state index contributed by atoms with van der Waals surface area (Å²) < 4.78 is 17.9. The third kappa shape index (κ3) is 3.96. The lowest BCUT2D eigenvalue weighted by Crippen LogP contribution is -2.29. The minimum Gasteiger partial charge on any atom is -0.469 e. The lowest BCUT2D eigenvalue weighted by atomic mass is 10.1. The molecule has 1 atom stereocenters. The van der Waals surface area contributed by atoms with Crippen molar-refractivity contribution in [3.8, 4) is 0 Å². The highest BCUT2D eigenvalue weighted by atomic mass is 35.5. The number of hydrogen-bond acceptors (Lipinski definition) is 3. The van der Waals surface area contributed by atoms with Gasteiger partial charge in [-0.25, -0.2) is 4.39 Å². The average molecular weight is 274 g/mol. The number of rotatable bonds is 5. The van der Waals surface area contributed by atoms with Crippen molar-refractivity contribution in [2.75, 3.05) is 20.7 Å². The molecule has 18 heavy (non-hydrogen) atoms. The Morgan fingerprint density at radius 1 is 1.56 bits per heavy atom. The zero-order valence-corrected chi connectivity index (χ0v) is 11.5. The van der Waals surface area contributed by atoms with Crippen LogP contribution in [0.2, 0.25) is 5.02 Å². The summed E-state index contributed by atoms with van der Waals surface area (Å²) in [6.07, 6.45) is 0. The van der Waals surface area contributed by atoms with Gasteiger partial charge in [-0.05, 0) is 18.7 Å². The SMILES string of the molecule is COC(=O)C(C)CN(C)Cc1cccc(F)c1Cl. The van der Waals surface area contributed by atoms with Crippen LogP contribution < -0.4 is 0 Å². The molecule has 0 aliphatic rings. The van der Waals surface area contributed by atoms with E-state index in [1.165, 1.54) is 13.2 Å². The second-order valence-electron chi connectivity index (χ2n) is 4.33. The largest absolute Gasteiger partial charge is 0.469 e. The molecule has 0 saturated carbocycles. The highest BCUT2D eigenvalue weighted by molar-refractivity contribution is 6.31. The number of carbonyl (C=O) groups is 1. The van der Waals surface area contributed by atoms with Crippen LogP contribution in [0.15, 0.2) is 18.2 Å². The van der Waals surface area contributed by atoms with Gasteiger partial charge in [0.25, 0.3) is 0 Å². The van der Waals surface area contributed by atoms with Gasteiger partial charge in [0.2, 0.25) is 0 Å². The summed E-state index contributed by atoms with van der Waals surface area (Å²) in [6.45, 7) is 2.80. The number of carbonyl (C=O) groups excluding carboxylic acids is 1. The topological polar surface area (TPSA) is 29.5 Å². The van der Waals surface area contributed by atoms with Crippen molar-refractivity contribution in [3.63, 3.8) is 0 Å². The molecule has 0 amide bonds. The molecule has 0 spiro atoms. The fraction of sp³-hybridized carbons (Fsp3) is 0.462. The number of ether oxygens (including phenoxy) is 1. The zero-order chi connectivity index (χ0) is 13.7. The Morgan fingerprint density at radius 2 is 2.22 bits per heavy atom. The average Bonchev–Trinajstić information content (AvgIpc) is 2.33. The Labute approximate surface area is 111 Å². The summed E-state index contributed by atoms with van der Waals surface area (Å²) in [5.41, 5.74) is 0.705. The molecular formula is C13H17ClFNO2. The molecule has 100 valence electrons. The first kappa shape index (κ1) is 14.9. The lowest BCUT2D eigenvalue weighted by molar-refractivity contribution is -0.145. The van der Waals surface area contributed by atoms with Gasteiger partial charge in [0.05, 0.1) is 18.1 Å². The van der Waals surface area contributed by atoms with Gasteiger partial charge in [-0.15, -0.1) is 0 Å². The molecule has 0 aliphatic heterocycles. The zero-order valence-electron chi connectivity index (χ0n) is 10.7. The summed E-state index contributed by atoms with van der Waals surface area (Å²) in [4.78, 5) is 13.2. The second-order valence-corrected chi connectivity index (χ2v) is 4.71. The predicted octanol–water partition coefficient (Wildman–Crippen LogP) is 2.72. The van der Waals surface area contributed by atoms with E-state index in [1.807, 2.05) is 11.9 Å². The van der Waals surface area contributed by atoms with Crippen LogP contribution in [-0.2, 0) is 16.1 Å². The van der Waals surface area contributed by atoms with Crippen LogP contribution in [0.3, 0.4) is 0 Å². The normalized spacial score (nSPS) is 12.6. The van der Waals surface area contributed by atoms with Crippen molar-refractivity contribution in [3.05, 3.63) is 34.6 Å². The molecule has 0 fully saturated rings. The lowest BCUT2D eigenvalue weighted by Gasteiger charge is -2.20. The summed E-state index contributed by atoms with van der Waals surface area (Å²) in [6, 6.07) is 4.71. The minimum absolute atomic E-state index is 0.134. The summed E-state index contributed by atoms with van der Waals surface area (Å²) in [5.74, 6) is -0.914. The Hall–Kier alpha value is -1.13. The van der Waals surface area contributed by atoms with E-state index in [9.17, 15) is 9.18 Å². The molecule has 1 aromatic rings. The molecule has 1 rings (SSSR count). The van der Waals surface area contributed by atoms with Gasteiger partial charge in [0.1, 0.15) is 5.82 Å². The van der Waals surface area contributed by atoms with E-state index in [-0.39, 0.29) is 16.9 Å². The Kier molecular flexibility index (Phi) is 5.56. The molecule has 3 nitrogen and oxygen atoms in total. The first-order valence-corrected chi connectivity index (χ1v) is 6.02. The van der Waals surface area contributed by atoms with Crippen molar-refractivity contribution in [1.29, 1.82) is 0 Å². The van der Waals surface area contributed by atoms with Gasteiger partial charge in [-0.3, -0.25) is 4.79 Å². The molecule has 0 heterocycles. The maximum atomic E-state index is 13.3. The second kappa shape index (κ2) is 6.71. The van der Waals surface area contributed by atoms with E-state index in [0.717, 1.165) is 0 Å². The molecule has 0 radical (unpaired) electrons. The monoisotopic (exact) mass is 273 g/mol. The van der Waals surface area contributed by atoms with Crippen molar-refractivity contribution in [1.82, 2.24) is 4.90 Å². The quantitative estimate of drug-likeness (QED) is 0.773. The third-order valence-electron chi connectivity index (χ3n) is 2.66. The molecule has 0 N–H and O–H groups in total. The Morgan fingerprint density at radius 3 is 2.83 bits per heavy atom. The van der Waals surface area contributed by atoms with Crippen LogP contribution in [0.5, 0.6) is 0 Å². The Bertz CT molecular complexity index is 425. The molecule has 0 bridgehead atoms. The van der Waals surface area contributed by atoms with Gasteiger partial charge in [0.15, 0.2) is 0 Å². The summed E-state index contributed by atoms with van der Waals surface area (Å²) in [7, 11) is 3.21. The van der Waals surface area contributed by atoms with Crippen molar-refractivity contribution in [2.24, 2.45) is 5.92 Å². The predicted molar refractivity (Wildman–Crippen MR) is 68.9 cm³/mol. The van der Waals surface area contributed by atoms with Crippen molar-refractivity contribution < 1.29 is 13.9 Å². The van der Waals surface area contributed by atoms with E-state index < -0.39 is 5.82 Å². The summed E-state index contributed by atoms with van der Waals surface area (Å²) >= 11 is 5.87. The smallest absolute Gasteiger partial charge is 0.309 e. The molecule has 0 aliphatic carbocycles. The molecule has 5 heteroatoms. The van der Waals surface area contributed by atoms with Crippen LogP contribution in [0.25, 0.3) is 0 Å². The number of methoxy groups -OCH3 is 1. The first-order valence-electron chi connectivity index (χ1n) is 5.65. The van der Waals surface area contributed by atoms with Crippen LogP contribution in [0.4, 0.5) is 4.39 Å². The van der Waals surface area contributed by atoms with Crippen molar-refractivity contribution in [2.45, 2.75) is 13.5 Å². The molecule has 1 aromatic carbocycles. The van der Waals surface area contributed by atoms with Gasteiger partial charge >= 0.3 is 5.97 Å². The fourth-order valence-electron chi connectivity index (χ4n) is 1.77. The molecule has 0 saturated heterocycles. The molecule has 0 aromatic heterocycles. The van der Waals surface area contributed by atoms with Crippen LogP contribution in [0.1, 0.15) is 12.5 Å². The first-order chi connectivity index (χ1) is 8.45. The number of hydrogen-bond donors (Lipinski definition) is 0. The van der Waals surface area contributed by atoms with E-state index in [4.69, 9.17) is 11.6 Å².